The maximum absolute atomic E-state index is 14.0. The molecule has 29 heavy (non-hydrogen) atoms. The standard InChI is InChI=1S/C20H22BrFN4O3/c1-2-29-19(27)14-4-7-18(23-13-14)25-8-3-9-26(11-10-25)20(28)24-17-6-5-15(21)12-16(17)22/h4-7,12-13H,2-3,8-11H2,1H3,(H,24,28). The molecule has 1 saturated heterocycles. The Morgan fingerprint density at radius 3 is 2.72 bits per heavy atom. The molecule has 3 rings (SSSR count). The van der Waals surface area contributed by atoms with Gasteiger partial charge in [-0.3, -0.25) is 0 Å². The molecule has 1 aromatic heterocycles. The van der Waals surface area contributed by atoms with Crippen LogP contribution in [-0.2, 0) is 4.74 Å². The second kappa shape index (κ2) is 9.69. The lowest BCUT2D eigenvalue weighted by molar-refractivity contribution is 0.0526. The molecule has 9 heteroatoms. The zero-order valence-corrected chi connectivity index (χ0v) is 17.6. The number of urea groups is 1. The van der Waals surface area contributed by atoms with Crippen LogP contribution in [0.4, 0.5) is 20.7 Å². The van der Waals surface area contributed by atoms with Crippen LogP contribution in [0.1, 0.15) is 23.7 Å². The molecular weight excluding hydrogens is 443 g/mol. The van der Waals surface area contributed by atoms with Gasteiger partial charge in [0.25, 0.3) is 0 Å². The minimum Gasteiger partial charge on any atom is -0.462 e. The van der Waals surface area contributed by atoms with Gasteiger partial charge in [0, 0.05) is 36.8 Å². The number of hydrogen-bond acceptors (Lipinski definition) is 5. The van der Waals surface area contributed by atoms with E-state index >= 15 is 0 Å². The van der Waals surface area contributed by atoms with E-state index in [4.69, 9.17) is 4.74 Å². The summed E-state index contributed by atoms with van der Waals surface area (Å²) in [4.78, 5) is 32.4. The highest BCUT2D eigenvalue weighted by molar-refractivity contribution is 9.10. The number of halogens is 2. The quantitative estimate of drug-likeness (QED) is 0.694. The number of aromatic nitrogens is 1. The average molecular weight is 465 g/mol. The van der Waals surface area contributed by atoms with Gasteiger partial charge in [0.2, 0.25) is 0 Å². The van der Waals surface area contributed by atoms with E-state index in [1.54, 1.807) is 30.0 Å². The second-order valence-corrected chi connectivity index (χ2v) is 7.42. The Labute approximate surface area is 177 Å². The molecule has 7 nitrogen and oxygen atoms in total. The van der Waals surface area contributed by atoms with Crippen LogP contribution in [-0.4, -0.2) is 54.7 Å². The third-order valence-electron chi connectivity index (χ3n) is 4.54. The number of nitrogens with zero attached hydrogens (tertiary/aromatic N) is 3. The molecule has 0 unspecified atom stereocenters. The Kier molecular flexibility index (Phi) is 7.03. The summed E-state index contributed by atoms with van der Waals surface area (Å²) in [6.45, 7) is 4.41. The third kappa shape index (κ3) is 5.44. The highest BCUT2D eigenvalue weighted by Gasteiger charge is 2.21. The van der Waals surface area contributed by atoms with Crippen LogP contribution in [0.15, 0.2) is 41.0 Å². The zero-order valence-electron chi connectivity index (χ0n) is 16.0. The Morgan fingerprint density at radius 2 is 2.03 bits per heavy atom. The molecular formula is C20H22BrFN4O3. The van der Waals surface area contributed by atoms with Crippen molar-refractivity contribution in [3.63, 3.8) is 0 Å². The Hall–Kier alpha value is -2.68. The fourth-order valence-corrected chi connectivity index (χ4v) is 3.38. The summed E-state index contributed by atoms with van der Waals surface area (Å²) < 4.78 is 19.5. The lowest BCUT2D eigenvalue weighted by Crippen LogP contribution is -2.38. The van der Waals surface area contributed by atoms with Crippen LogP contribution >= 0.6 is 15.9 Å². The normalized spacial score (nSPS) is 14.3. The molecule has 154 valence electrons. The average Bonchev–Trinajstić information content (AvgIpc) is 2.97. The van der Waals surface area contributed by atoms with Crippen LogP contribution in [0.2, 0.25) is 0 Å². The van der Waals surface area contributed by atoms with Gasteiger partial charge in [0.15, 0.2) is 0 Å². The van der Waals surface area contributed by atoms with E-state index < -0.39 is 11.8 Å². The van der Waals surface area contributed by atoms with Gasteiger partial charge in [-0.15, -0.1) is 0 Å². The first-order valence-corrected chi connectivity index (χ1v) is 10.2. The highest BCUT2D eigenvalue weighted by atomic mass is 79.9. The molecule has 0 spiro atoms. The van der Waals surface area contributed by atoms with E-state index in [1.807, 2.05) is 0 Å². The van der Waals surface area contributed by atoms with Gasteiger partial charge in [-0.05, 0) is 43.7 Å². The van der Waals surface area contributed by atoms with Crippen molar-refractivity contribution in [1.82, 2.24) is 9.88 Å². The molecule has 1 N–H and O–H groups in total. The van der Waals surface area contributed by atoms with Crippen molar-refractivity contribution in [3.05, 3.63) is 52.4 Å². The van der Waals surface area contributed by atoms with Gasteiger partial charge in [-0.2, -0.15) is 0 Å². The van der Waals surface area contributed by atoms with Gasteiger partial charge in [0.1, 0.15) is 11.6 Å². The molecule has 1 aromatic carbocycles. The lowest BCUT2D eigenvalue weighted by atomic mass is 10.2. The largest absolute Gasteiger partial charge is 0.462 e. The van der Waals surface area contributed by atoms with Crippen LogP contribution in [0.3, 0.4) is 0 Å². The smallest absolute Gasteiger partial charge is 0.339 e. The summed E-state index contributed by atoms with van der Waals surface area (Å²) in [7, 11) is 0. The molecule has 1 aliphatic heterocycles. The van der Waals surface area contributed by atoms with E-state index in [-0.39, 0.29) is 11.7 Å². The van der Waals surface area contributed by atoms with Crippen molar-refractivity contribution in [2.45, 2.75) is 13.3 Å². The first kappa shape index (κ1) is 21.0. The minimum atomic E-state index is -0.491. The predicted octanol–water partition coefficient (Wildman–Crippen LogP) is 3.90. The summed E-state index contributed by atoms with van der Waals surface area (Å²) in [5.41, 5.74) is 0.554. The van der Waals surface area contributed by atoms with Crippen molar-refractivity contribution < 1.29 is 18.7 Å². The molecule has 2 aromatic rings. The number of nitrogens with one attached hydrogen (secondary N) is 1. The monoisotopic (exact) mass is 464 g/mol. The summed E-state index contributed by atoms with van der Waals surface area (Å²) in [6, 6.07) is 7.64. The van der Waals surface area contributed by atoms with Crippen LogP contribution < -0.4 is 10.2 Å². The van der Waals surface area contributed by atoms with E-state index in [0.717, 1.165) is 18.8 Å². The van der Waals surface area contributed by atoms with Crippen LogP contribution in [0, 0.1) is 5.82 Å². The predicted molar refractivity (Wildman–Crippen MR) is 112 cm³/mol. The summed E-state index contributed by atoms with van der Waals surface area (Å²) in [5, 5.41) is 2.63. The first-order chi connectivity index (χ1) is 14.0. The molecule has 0 atom stereocenters. The van der Waals surface area contributed by atoms with E-state index in [9.17, 15) is 14.0 Å². The summed E-state index contributed by atoms with van der Waals surface area (Å²) >= 11 is 3.20. The van der Waals surface area contributed by atoms with Gasteiger partial charge < -0.3 is 19.9 Å². The van der Waals surface area contributed by atoms with Crippen LogP contribution in [0.5, 0.6) is 0 Å². The first-order valence-electron chi connectivity index (χ1n) is 9.37. The van der Waals surface area contributed by atoms with E-state index in [2.05, 4.69) is 31.1 Å². The lowest BCUT2D eigenvalue weighted by Gasteiger charge is -2.23. The molecule has 1 aliphatic rings. The van der Waals surface area contributed by atoms with Gasteiger partial charge >= 0.3 is 12.0 Å². The molecule has 2 heterocycles. The molecule has 1 fully saturated rings. The number of hydrogen-bond donors (Lipinski definition) is 1. The van der Waals surface area contributed by atoms with Crippen molar-refractivity contribution in [2.75, 3.05) is 43.0 Å². The fraction of sp³-hybridized carbons (Fsp3) is 0.350. The second-order valence-electron chi connectivity index (χ2n) is 6.51. The third-order valence-corrected chi connectivity index (χ3v) is 5.03. The number of carbonyl (C=O) groups is 2. The maximum atomic E-state index is 14.0. The summed E-state index contributed by atoms with van der Waals surface area (Å²) in [6.07, 6.45) is 2.25. The van der Waals surface area contributed by atoms with Gasteiger partial charge in [0.05, 0.1) is 17.9 Å². The number of benzene rings is 1. The summed E-state index contributed by atoms with van der Waals surface area (Å²) in [5.74, 6) is -0.153. The molecule has 2 amide bonds. The number of rotatable bonds is 4. The highest BCUT2D eigenvalue weighted by Crippen LogP contribution is 2.20. The number of pyridine rings is 1. The maximum Gasteiger partial charge on any atom is 0.339 e. The number of ether oxygens (including phenoxy) is 1. The number of esters is 1. The molecule has 0 bridgehead atoms. The Morgan fingerprint density at radius 1 is 1.21 bits per heavy atom. The van der Waals surface area contributed by atoms with E-state index in [1.165, 1.54) is 18.3 Å². The number of amides is 2. The Bertz CT molecular complexity index is 879. The SMILES string of the molecule is CCOC(=O)c1ccc(N2CCCN(C(=O)Nc3ccc(Br)cc3F)CC2)nc1. The van der Waals surface area contributed by atoms with Crippen molar-refractivity contribution in [3.8, 4) is 0 Å². The molecule has 0 radical (unpaired) electrons. The zero-order chi connectivity index (χ0) is 20.8. The van der Waals surface area contributed by atoms with Gasteiger partial charge in [-0.1, -0.05) is 15.9 Å². The molecule has 0 aliphatic carbocycles. The van der Waals surface area contributed by atoms with Crippen LogP contribution in [0.25, 0.3) is 0 Å². The van der Waals surface area contributed by atoms with Crippen molar-refractivity contribution >= 4 is 39.4 Å². The molecule has 0 saturated carbocycles. The van der Waals surface area contributed by atoms with Gasteiger partial charge in [-0.25, -0.2) is 19.0 Å². The Balaban J connectivity index is 1.59. The number of carbonyl (C=O) groups excluding carboxylic acids is 2. The van der Waals surface area contributed by atoms with Crippen molar-refractivity contribution in [2.24, 2.45) is 0 Å². The van der Waals surface area contributed by atoms with Crippen molar-refractivity contribution in [1.29, 1.82) is 0 Å². The fourth-order valence-electron chi connectivity index (χ4n) is 3.04. The minimum absolute atomic E-state index is 0.149. The number of anilines is 2. The topological polar surface area (TPSA) is 74.8 Å². The van der Waals surface area contributed by atoms with E-state index in [0.29, 0.717) is 36.3 Å².